The fraction of sp³-hybridized carbons (Fsp3) is 0.303. The van der Waals surface area contributed by atoms with Gasteiger partial charge in [0.05, 0.1) is 74.9 Å². The van der Waals surface area contributed by atoms with Crippen molar-refractivity contribution in [2.24, 2.45) is 23.7 Å². The van der Waals surface area contributed by atoms with Gasteiger partial charge in [-0.25, -0.2) is 44.9 Å². The standard InChI is InChI=1S/C25H27N9O.C24H26N8O3.2C20H19N7O/c1-25(19-6-7-19,18-4-2-16(3-5-18)17-12-30-24(26)31-13-17)23-32-22(35-33-23)20-14-29-21(15-28-20)34-10-8-27-9-11-34;1-24(17-8-9-17,16-6-4-14(5-7-16)18-11-26-23(25)28-20(18)34)22-29-21(35-30-22)15-10-27-32(12-15)13-19(33)31(2)3;2*1-20(16-6-7-16,18-26-17(28-27-18)14-10-24-25-11-14)15-4-2-12(3-5-15)13-8-22-19(21)23-9-13/h2-5,12-15,19,27H,6-11H2,1H3,(H2,26,30,31);4-7,10-12,17H,8-9,13H2,1-3H3,(H3,25,26,28,34);2*2-5,8-11,16H,6-7H2,1H3,(H,24,25)(H2,21,22,23)/t25-;24-;2*20-/m0010/s1. The maximum atomic E-state index is 12.3. The molecule has 21 rings (SSSR count). The maximum absolute atomic E-state index is 12.3. The number of carbonyl (C=O) groups excluding carboxylic acids is 1. The van der Waals surface area contributed by atoms with E-state index in [1.807, 2.05) is 24.3 Å². The smallest absolute Gasteiger partial charge is 0.278 e. The minimum atomic E-state index is -0.455. The average molecular weight is 1690 g/mol. The fourth-order valence-electron chi connectivity index (χ4n) is 16.2. The van der Waals surface area contributed by atoms with E-state index in [-0.39, 0.29) is 58.0 Å². The van der Waals surface area contributed by atoms with Gasteiger partial charge in [0.1, 0.15) is 18.1 Å². The molecule has 12 aromatic heterocycles. The number of anilines is 5. The van der Waals surface area contributed by atoms with E-state index in [0.29, 0.717) is 87.4 Å². The van der Waals surface area contributed by atoms with Crippen LogP contribution in [-0.4, -0.2) is 172 Å². The van der Waals surface area contributed by atoms with Crippen molar-refractivity contribution in [3.8, 4) is 90.5 Å². The van der Waals surface area contributed by atoms with E-state index in [1.165, 1.54) is 11.1 Å². The third-order valence-corrected chi connectivity index (χ3v) is 24.7. The van der Waals surface area contributed by atoms with Gasteiger partial charge < -0.3 is 56.1 Å². The van der Waals surface area contributed by atoms with Crippen molar-refractivity contribution >= 4 is 35.5 Å². The molecular weight excluding hydrogens is 1600 g/mol. The third-order valence-electron chi connectivity index (χ3n) is 24.7. The predicted molar refractivity (Wildman–Crippen MR) is 465 cm³/mol. The Hall–Kier alpha value is -15.3. The number of benzene rings is 4. The van der Waals surface area contributed by atoms with Gasteiger partial charge in [0, 0.05) is 119 Å². The number of hydrogen-bond donors (Lipinski definition) is 8. The quantitative estimate of drug-likeness (QED) is 0.0295. The van der Waals surface area contributed by atoms with E-state index >= 15 is 0 Å². The first kappa shape index (κ1) is 81.7. The zero-order chi connectivity index (χ0) is 86.9. The van der Waals surface area contributed by atoms with Crippen molar-refractivity contribution in [3.63, 3.8) is 0 Å². The maximum Gasteiger partial charge on any atom is 0.278 e. The van der Waals surface area contributed by atoms with Crippen LogP contribution in [0, 0.1) is 23.7 Å². The van der Waals surface area contributed by atoms with Gasteiger partial charge in [0.15, 0.2) is 29.2 Å². The molecule has 4 aliphatic carbocycles. The number of aromatic amines is 3. The van der Waals surface area contributed by atoms with Crippen LogP contribution in [0.25, 0.3) is 90.5 Å². The molecule has 16 aromatic rings. The normalized spacial score (nSPS) is 16.3. The van der Waals surface area contributed by atoms with Crippen molar-refractivity contribution < 1.29 is 22.9 Å². The van der Waals surface area contributed by atoms with Crippen LogP contribution in [0.2, 0.25) is 0 Å². The van der Waals surface area contributed by atoms with Gasteiger partial charge in [-0.05, 0) is 147 Å². The lowest BCUT2D eigenvalue weighted by Crippen LogP contribution is -2.43. The zero-order valence-corrected chi connectivity index (χ0v) is 69.9. The molecule has 0 bridgehead atoms. The molecular formula is C89H91N31O6. The Labute approximate surface area is 721 Å². The van der Waals surface area contributed by atoms with Crippen LogP contribution >= 0.6 is 0 Å². The van der Waals surface area contributed by atoms with E-state index in [9.17, 15) is 9.59 Å². The largest absolute Gasteiger partial charge is 0.369 e. The number of likely N-dealkylation sites (N-methyl/N-ethyl adjacent to an activating group) is 1. The second-order valence-electron chi connectivity index (χ2n) is 33.1. The van der Waals surface area contributed by atoms with Crippen molar-refractivity contribution in [1.29, 1.82) is 0 Å². The number of nitrogens with two attached hydrogens (primary N) is 4. The molecule has 13 heterocycles. The predicted octanol–water partition coefficient (Wildman–Crippen LogP) is 11.2. The second kappa shape index (κ2) is 34.2. The van der Waals surface area contributed by atoms with Gasteiger partial charge in [-0.3, -0.25) is 29.5 Å². The fourth-order valence-corrected chi connectivity index (χ4v) is 16.2. The highest BCUT2D eigenvalue weighted by atomic mass is 16.5. The van der Waals surface area contributed by atoms with Crippen LogP contribution in [0.4, 0.5) is 29.6 Å². The molecule has 12 N–H and O–H groups in total. The van der Waals surface area contributed by atoms with Gasteiger partial charge in [-0.2, -0.15) is 35.2 Å². The number of carbonyl (C=O) groups is 1. The van der Waals surface area contributed by atoms with Crippen LogP contribution in [0.5, 0.6) is 0 Å². The number of nitrogens with one attached hydrogen (secondary N) is 4. The highest BCUT2D eigenvalue weighted by Crippen LogP contribution is 2.55. The van der Waals surface area contributed by atoms with Gasteiger partial charge in [0.2, 0.25) is 23.8 Å². The molecule has 0 unspecified atom stereocenters. The van der Waals surface area contributed by atoms with Gasteiger partial charge in [-0.1, -0.05) is 118 Å². The number of nitrogens with zero attached hydrogens (tertiary/aromatic N) is 23. The summed E-state index contributed by atoms with van der Waals surface area (Å²) in [7, 11) is 3.40. The first-order valence-corrected chi connectivity index (χ1v) is 41.5. The molecule has 4 aromatic carbocycles. The summed E-state index contributed by atoms with van der Waals surface area (Å²) >= 11 is 0. The Balaban J connectivity index is 0.000000114. The molecule has 5 fully saturated rings. The van der Waals surface area contributed by atoms with Crippen molar-refractivity contribution in [2.45, 2.75) is 107 Å². The molecule has 0 spiro atoms. The molecule has 5 aliphatic rings. The summed E-state index contributed by atoms with van der Waals surface area (Å²) in [5, 5.41) is 38.4. The molecule has 37 heteroatoms. The van der Waals surface area contributed by atoms with Crippen LogP contribution in [0.15, 0.2) is 213 Å². The Morgan fingerprint density at radius 3 is 1.14 bits per heavy atom. The molecule has 4 saturated carbocycles. The molecule has 37 nitrogen and oxygen atoms in total. The number of rotatable bonds is 23. The molecule has 126 heavy (non-hydrogen) atoms. The lowest BCUT2D eigenvalue weighted by atomic mass is 9.76. The minimum Gasteiger partial charge on any atom is -0.369 e. The highest BCUT2D eigenvalue weighted by Gasteiger charge is 2.51. The molecule has 0 radical (unpaired) electrons. The third kappa shape index (κ3) is 17.0. The lowest BCUT2D eigenvalue weighted by molar-refractivity contribution is -0.129. The summed E-state index contributed by atoms with van der Waals surface area (Å²) in [5.41, 5.74) is 35.0. The Bertz CT molecular complexity index is 6280. The topological polar surface area (TPSA) is 519 Å². The summed E-state index contributed by atoms with van der Waals surface area (Å²) in [4.78, 5) is 86.9. The first-order chi connectivity index (χ1) is 61.1. The number of amides is 1. The second-order valence-corrected chi connectivity index (χ2v) is 33.1. The monoisotopic (exact) mass is 1690 g/mol. The summed E-state index contributed by atoms with van der Waals surface area (Å²) in [5.74, 6) is 7.88. The molecule has 638 valence electrons. The summed E-state index contributed by atoms with van der Waals surface area (Å²) in [6.45, 7) is 12.6. The van der Waals surface area contributed by atoms with E-state index < -0.39 is 5.41 Å². The number of aromatic nitrogens is 24. The van der Waals surface area contributed by atoms with Crippen molar-refractivity contribution in [1.82, 2.24) is 131 Å². The summed E-state index contributed by atoms with van der Waals surface area (Å²) in [6, 6.07) is 33.0. The lowest BCUT2D eigenvalue weighted by Gasteiger charge is -2.27. The van der Waals surface area contributed by atoms with Gasteiger partial charge in [-0.15, -0.1) is 0 Å². The number of H-pyrrole nitrogens is 3. The Morgan fingerprint density at radius 1 is 0.421 bits per heavy atom. The van der Waals surface area contributed by atoms with Gasteiger partial charge in [0.25, 0.3) is 29.1 Å². The van der Waals surface area contributed by atoms with Crippen LogP contribution in [0.3, 0.4) is 0 Å². The van der Waals surface area contributed by atoms with E-state index in [1.54, 1.807) is 106 Å². The van der Waals surface area contributed by atoms with Crippen LogP contribution in [0.1, 0.15) is 125 Å². The van der Waals surface area contributed by atoms with Crippen LogP contribution < -0.4 is 38.7 Å². The number of hydrogen-bond acceptors (Lipinski definition) is 32. The number of piperazine rings is 1. The highest BCUT2D eigenvalue weighted by molar-refractivity contribution is 5.75. The Kier molecular flexibility index (Phi) is 22.2. The van der Waals surface area contributed by atoms with E-state index in [2.05, 4.69) is 217 Å². The molecule has 4 atom stereocenters. The zero-order valence-electron chi connectivity index (χ0n) is 69.9. The van der Waals surface area contributed by atoms with Crippen molar-refractivity contribution in [2.75, 3.05) is 68.1 Å². The van der Waals surface area contributed by atoms with E-state index in [4.69, 9.17) is 51.0 Å². The first-order valence-electron chi connectivity index (χ1n) is 41.5. The minimum absolute atomic E-state index is 0.0626. The van der Waals surface area contributed by atoms with Crippen LogP contribution in [-0.2, 0) is 33.0 Å². The summed E-state index contributed by atoms with van der Waals surface area (Å²) < 4.78 is 23.8. The Morgan fingerprint density at radius 2 is 0.794 bits per heavy atom. The number of nitrogen functional groups attached to an aromatic ring is 4. The SMILES string of the molecule is CN(C)C(=O)Cn1cc(-c2nc([C@@](C)(c3ccc(-c4cnc(N)[nH]c4=O)cc3)C3CC3)no2)cn1.C[C@@](c1ccc(-c2cnc(N)nc2)cc1)(c1noc(-c2cn[nH]c2)n1)C1CC1.C[C@@](c1ccc(-c2cnc(N)nc2)cc1)(c1noc(-c2cnc(N3CCNCC3)cn2)n1)C1CC1.C[C@](c1ccc(-c2cnc(N)nc2)cc1)(c1noc(-c2cn[nH]c2)n1)C1CC1. The molecule has 1 saturated heterocycles. The van der Waals surface area contributed by atoms with E-state index in [0.717, 1.165) is 156 Å². The van der Waals surface area contributed by atoms with Gasteiger partial charge >= 0.3 is 0 Å². The average Bonchev–Trinajstić information content (AvgIpc) is 1.57. The molecule has 1 aliphatic heterocycles. The van der Waals surface area contributed by atoms with Crippen molar-refractivity contribution in [3.05, 3.63) is 246 Å². The summed E-state index contributed by atoms with van der Waals surface area (Å²) in [6.07, 6.45) is 34.5. The molecule has 1 amide bonds.